The molecular weight excluding hydrogens is 186 g/mol. The number of hydrogen-bond donors (Lipinski definition) is 2. The largest absolute Gasteiger partial charge is 0.357 e. The third kappa shape index (κ3) is 2.32. The van der Waals surface area contributed by atoms with E-state index in [-0.39, 0.29) is 5.56 Å². The fraction of sp³-hybridized carbons (Fsp3) is 0.375. The summed E-state index contributed by atoms with van der Waals surface area (Å²) >= 11 is 0. The first kappa shape index (κ1) is 10.2. The summed E-state index contributed by atoms with van der Waals surface area (Å²) in [6, 6.07) is 0. The average Bonchev–Trinajstić information content (AvgIpc) is 2.14. The SMILES string of the molecule is Cc1cn(CCNC=O)c(=O)[nH]c1=O. The van der Waals surface area contributed by atoms with Gasteiger partial charge < -0.3 is 5.32 Å². The van der Waals surface area contributed by atoms with Crippen molar-refractivity contribution in [1.29, 1.82) is 0 Å². The van der Waals surface area contributed by atoms with Gasteiger partial charge in [-0.1, -0.05) is 0 Å². The lowest BCUT2D eigenvalue weighted by Gasteiger charge is -2.04. The summed E-state index contributed by atoms with van der Waals surface area (Å²) in [7, 11) is 0. The van der Waals surface area contributed by atoms with Crippen molar-refractivity contribution in [3.63, 3.8) is 0 Å². The summed E-state index contributed by atoms with van der Waals surface area (Å²) in [5.74, 6) is 0. The molecule has 2 N–H and O–H groups in total. The highest BCUT2D eigenvalue weighted by Gasteiger charge is 1.99. The monoisotopic (exact) mass is 197 g/mol. The number of rotatable bonds is 4. The van der Waals surface area contributed by atoms with Crippen LogP contribution in [0.25, 0.3) is 0 Å². The molecule has 0 aliphatic rings. The van der Waals surface area contributed by atoms with Crippen molar-refractivity contribution in [2.24, 2.45) is 0 Å². The Morgan fingerprint density at radius 2 is 2.29 bits per heavy atom. The molecule has 6 heteroatoms. The molecule has 1 rings (SSSR count). The lowest BCUT2D eigenvalue weighted by Crippen LogP contribution is -2.33. The van der Waals surface area contributed by atoms with Crippen molar-refractivity contribution < 1.29 is 4.79 Å². The molecule has 0 radical (unpaired) electrons. The number of aromatic amines is 1. The van der Waals surface area contributed by atoms with E-state index in [9.17, 15) is 14.4 Å². The Labute approximate surface area is 79.6 Å². The minimum atomic E-state index is -0.465. The first-order valence-corrected chi connectivity index (χ1v) is 4.12. The molecule has 1 aromatic rings. The molecule has 0 saturated heterocycles. The van der Waals surface area contributed by atoms with E-state index in [1.807, 2.05) is 0 Å². The maximum Gasteiger partial charge on any atom is 0.328 e. The maximum atomic E-state index is 11.2. The molecule has 6 nitrogen and oxygen atoms in total. The molecule has 1 heterocycles. The van der Waals surface area contributed by atoms with Gasteiger partial charge in [0.15, 0.2) is 0 Å². The Morgan fingerprint density at radius 3 is 2.93 bits per heavy atom. The smallest absolute Gasteiger partial charge is 0.328 e. The van der Waals surface area contributed by atoms with Crippen LogP contribution >= 0.6 is 0 Å². The number of nitrogens with zero attached hydrogens (tertiary/aromatic N) is 1. The van der Waals surface area contributed by atoms with Gasteiger partial charge in [-0.15, -0.1) is 0 Å². The van der Waals surface area contributed by atoms with Gasteiger partial charge in [-0.2, -0.15) is 0 Å². The number of amides is 1. The third-order valence-electron chi connectivity index (χ3n) is 1.77. The van der Waals surface area contributed by atoms with Crippen molar-refractivity contribution in [3.05, 3.63) is 32.6 Å². The van der Waals surface area contributed by atoms with Gasteiger partial charge in [0.2, 0.25) is 6.41 Å². The summed E-state index contributed by atoms with van der Waals surface area (Å²) in [5, 5.41) is 2.43. The van der Waals surface area contributed by atoms with Crippen LogP contribution < -0.4 is 16.6 Å². The van der Waals surface area contributed by atoms with Crippen molar-refractivity contribution in [1.82, 2.24) is 14.9 Å². The standard InChI is InChI=1S/C8H11N3O3/c1-6-4-11(3-2-9-5-12)8(14)10-7(6)13/h4-5H,2-3H2,1H3,(H,9,12)(H,10,13,14). The Morgan fingerprint density at radius 1 is 1.57 bits per heavy atom. The molecular formula is C8H11N3O3. The Kier molecular flexibility index (Phi) is 3.22. The minimum absolute atomic E-state index is 0.342. The van der Waals surface area contributed by atoms with Crippen LogP contribution in [0.5, 0.6) is 0 Å². The number of aromatic nitrogens is 2. The maximum absolute atomic E-state index is 11.2. The topological polar surface area (TPSA) is 84.0 Å². The Hall–Kier alpha value is -1.85. The zero-order valence-electron chi connectivity index (χ0n) is 7.74. The van der Waals surface area contributed by atoms with Crippen molar-refractivity contribution >= 4 is 6.41 Å². The highest BCUT2D eigenvalue weighted by atomic mass is 16.2. The molecule has 0 aromatic carbocycles. The van der Waals surface area contributed by atoms with Gasteiger partial charge in [0, 0.05) is 24.8 Å². The quantitative estimate of drug-likeness (QED) is 0.459. The second-order valence-corrected chi connectivity index (χ2v) is 2.84. The van der Waals surface area contributed by atoms with Gasteiger partial charge in [-0.25, -0.2) is 4.79 Å². The lowest BCUT2D eigenvalue weighted by atomic mass is 10.4. The van der Waals surface area contributed by atoms with E-state index < -0.39 is 5.69 Å². The summed E-state index contributed by atoms with van der Waals surface area (Å²) in [6.07, 6.45) is 2.03. The van der Waals surface area contributed by atoms with Gasteiger partial charge in [-0.3, -0.25) is 19.1 Å². The zero-order valence-corrected chi connectivity index (χ0v) is 7.74. The Bertz CT molecular complexity index is 432. The second kappa shape index (κ2) is 4.40. The normalized spacial score (nSPS) is 9.79. The average molecular weight is 197 g/mol. The van der Waals surface area contributed by atoms with E-state index in [0.717, 1.165) is 0 Å². The van der Waals surface area contributed by atoms with Gasteiger partial charge in [0.25, 0.3) is 5.56 Å². The fourth-order valence-corrected chi connectivity index (χ4v) is 1.03. The molecule has 0 unspecified atom stereocenters. The first-order chi connectivity index (χ1) is 6.65. The van der Waals surface area contributed by atoms with Crippen LogP contribution in [0.4, 0.5) is 0 Å². The molecule has 0 atom stereocenters. The van der Waals surface area contributed by atoms with Crippen molar-refractivity contribution in [3.8, 4) is 0 Å². The van der Waals surface area contributed by atoms with Crippen LogP contribution in [0, 0.1) is 6.92 Å². The molecule has 0 aliphatic carbocycles. The lowest BCUT2D eigenvalue weighted by molar-refractivity contribution is -0.109. The Balaban J connectivity index is 2.87. The van der Waals surface area contributed by atoms with E-state index in [4.69, 9.17) is 0 Å². The van der Waals surface area contributed by atoms with Crippen molar-refractivity contribution in [2.75, 3.05) is 6.54 Å². The van der Waals surface area contributed by atoms with Crippen LogP contribution in [0.3, 0.4) is 0 Å². The van der Waals surface area contributed by atoms with Gasteiger partial charge in [0.05, 0.1) is 0 Å². The number of carbonyl (C=O) groups is 1. The van der Waals surface area contributed by atoms with Crippen molar-refractivity contribution in [2.45, 2.75) is 13.5 Å². The molecule has 76 valence electrons. The number of H-pyrrole nitrogens is 1. The number of carbonyl (C=O) groups excluding carboxylic acids is 1. The van der Waals surface area contributed by atoms with Crippen LogP contribution in [0.15, 0.2) is 15.8 Å². The highest BCUT2D eigenvalue weighted by Crippen LogP contribution is 1.82. The predicted octanol–water partition coefficient (Wildman–Crippen LogP) is -1.41. The highest BCUT2D eigenvalue weighted by molar-refractivity contribution is 5.45. The minimum Gasteiger partial charge on any atom is -0.357 e. The number of aryl methyl sites for hydroxylation is 1. The number of nitrogens with one attached hydrogen (secondary N) is 2. The molecule has 0 spiro atoms. The summed E-state index contributed by atoms with van der Waals surface area (Å²) in [5.41, 5.74) is -0.376. The molecule has 1 amide bonds. The first-order valence-electron chi connectivity index (χ1n) is 4.12. The van der Waals surface area contributed by atoms with E-state index in [1.54, 1.807) is 6.92 Å². The van der Waals surface area contributed by atoms with Gasteiger partial charge in [0.1, 0.15) is 0 Å². The van der Waals surface area contributed by atoms with E-state index in [0.29, 0.717) is 25.1 Å². The summed E-state index contributed by atoms with van der Waals surface area (Å²) in [4.78, 5) is 34.3. The number of hydrogen-bond acceptors (Lipinski definition) is 3. The van der Waals surface area contributed by atoms with Gasteiger partial charge >= 0.3 is 5.69 Å². The molecule has 0 saturated carbocycles. The fourth-order valence-electron chi connectivity index (χ4n) is 1.03. The predicted molar refractivity (Wildman–Crippen MR) is 50.1 cm³/mol. The van der Waals surface area contributed by atoms with E-state index in [2.05, 4.69) is 10.3 Å². The molecule has 1 aromatic heterocycles. The van der Waals surface area contributed by atoms with Crippen LogP contribution in [-0.2, 0) is 11.3 Å². The molecule has 14 heavy (non-hydrogen) atoms. The summed E-state index contributed by atoms with van der Waals surface area (Å²) < 4.78 is 1.34. The van der Waals surface area contributed by atoms with Gasteiger partial charge in [-0.05, 0) is 6.92 Å². The summed E-state index contributed by atoms with van der Waals surface area (Å²) in [6.45, 7) is 2.31. The van der Waals surface area contributed by atoms with E-state index >= 15 is 0 Å². The van der Waals surface area contributed by atoms with Crippen LogP contribution in [0.1, 0.15) is 5.56 Å². The van der Waals surface area contributed by atoms with Crippen LogP contribution in [-0.4, -0.2) is 22.5 Å². The second-order valence-electron chi connectivity index (χ2n) is 2.84. The van der Waals surface area contributed by atoms with Crippen LogP contribution in [0.2, 0.25) is 0 Å². The van der Waals surface area contributed by atoms with E-state index in [1.165, 1.54) is 10.8 Å². The molecule has 0 aliphatic heterocycles. The molecule has 0 fully saturated rings. The third-order valence-corrected chi connectivity index (χ3v) is 1.77. The zero-order chi connectivity index (χ0) is 10.6. The molecule has 0 bridgehead atoms.